The minimum atomic E-state index is 0.0134. The van der Waals surface area contributed by atoms with Crippen molar-refractivity contribution < 1.29 is 9.53 Å². The van der Waals surface area contributed by atoms with Gasteiger partial charge in [-0.05, 0) is 55.9 Å². The summed E-state index contributed by atoms with van der Waals surface area (Å²) in [4.78, 5) is 25.0. The van der Waals surface area contributed by atoms with Gasteiger partial charge in [0.1, 0.15) is 5.82 Å². The highest BCUT2D eigenvalue weighted by Gasteiger charge is 2.25. The van der Waals surface area contributed by atoms with Crippen molar-refractivity contribution in [3.8, 4) is 0 Å². The van der Waals surface area contributed by atoms with Crippen LogP contribution >= 0.6 is 0 Å². The van der Waals surface area contributed by atoms with E-state index in [4.69, 9.17) is 4.74 Å². The average molecular weight is 386 g/mol. The number of carbonyl (C=O) groups excluding carboxylic acids is 1. The number of morpholine rings is 1. The van der Waals surface area contributed by atoms with Crippen LogP contribution in [-0.2, 0) is 11.3 Å². The number of aromatic amines is 1. The Bertz CT molecular complexity index is 789. The summed E-state index contributed by atoms with van der Waals surface area (Å²) >= 11 is 0. The van der Waals surface area contributed by atoms with Crippen molar-refractivity contribution in [2.75, 3.05) is 45.9 Å². The molecule has 7 nitrogen and oxygen atoms in total. The van der Waals surface area contributed by atoms with E-state index in [1.54, 1.807) is 0 Å². The van der Waals surface area contributed by atoms with E-state index < -0.39 is 0 Å². The SMILES string of the molecule is Cc1cc2nc(CNC(=O)N3CCCC(CN4CCOCC4)C3)[nH]c2cc1C. The smallest absolute Gasteiger partial charge is 0.317 e. The molecule has 0 aliphatic carbocycles. The molecule has 0 radical (unpaired) electrons. The molecule has 28 heavy (non-hydrogen) atoms. The number of likely N-dealkylation sites (tertiary alicyclic amines) is 1. The van der Waals surface area contributed by atoms with Crippen LogP contribution in [-0.4, -0.2) is 71.7 Å². The predicted molar refractivity (Wildman–Crippen MR) is 109 cm³/mol. The van der Waals surface area contributed by atoms with Gasteiger partial charge in [-0.25, -0.2) is 9.78 Å². The Balaban J connectivity index is 1.30. The van der Waals surface area contributed by atoms with Gasteiger partial charge >= 0.3 is 6.03 Å². The van der Waals surface area contributed by atoms with Gasteiger partial charge in [0.05, 0.1) is 30.8 Å². The number of carbonyl (C=O) groups is 1. The Hall–Kier alpha value is -2.12. The zero-order valence-electron chi connectivity index (χ0n) is 17.0. The molecule has 0 spiro atoms. The summed E-state index contributed by atoms with van der Waals surface area (Å²) in [5, 5.41) is 3.04. The van der Waals surface area contributed by atoms with Gasteiger partial charge in [0.2, 0.25) is 0 Å². The Labute approximate surface area is 166 Å². The number of aryl methyl sites for hydroxylation is 2. The van der Waals surface area contributed by atoms with Crippen LogP contribution < -0.4 is 5.32 Å². The van der Waals surface area contributed by atoms with Gasteiger partial charge in [0, 0.05) is 32.7 Å². The lowest BCUT2D eigenvalue weighted by atomic mass is 9.97. The molecule has 2 aromatic rings. The lowest BCUT2D eigenvalue weighted by molar-refractivity contribution is 0.0249. The second-order valence-electron chi connectivity index (χ2n) is 8.16. The Morgan fingerprint density at radius 2 is 2.04 bits per heavy atom. The fourth-order valence-electron chi connectivity index (χ4n) is 4.22. The first-order chi connectivity index (χ1) is 13.6. The van der Waals surface area contributed by atoms with Crippen LogP contribution in [0, 0.1) is 19.8 Å². The van der Waals surface area contributed by atoms with Crippen LogP contribution in [0.1, 0.15) is 29.8 Å². The highest BCUT2D eigenvalue weighted by Crippen LogP contribution is 2.19. The van der Waals surface area contributed by atoms with Crippen molar-refractivity contribution in [2.45, 2.75) is 33.2 Å². The van der Waals surface area contributed by atoms with Crippen molar-refractivity contribution in [1.29, 1.82) is 0 Å². The molecule has 0 saturated carbocycles. The molecule has 1 unspecified atom stereocenters. The van der Waals surface area contributed by atoms with Crippen LogP contribution in [0.2, 0.25) is 0 Å². The summed E-state index contributed by atoms with van der Waals surface area (Å²) in [5.41, 5.74) is 4.45. The van der Waals surface area contributed by atoms with Crippen LogP contribution in [0.15, 0.2) is 12.1 Å². The molecule has 7 heteroatoms. The van der Waals surface area contributed by atoms with Crippen LogP contribution in [0.3, 0.4) is 0 Å². The highest BCUT2D eigenvalue weighted by molar-refractivity contribution is 5.77. The number of piperidine rings is 1. The number of nitrogens with zero attached hydrogens (tertiary/aromatic N) is 3. The molecule has 3 heterocycles. The van der Waals surface area contributed by atoms with Gasteiger partial charge in [0.15, 0.2) is 0 Å². The molecule has 1 aromatic heterocycles. The molecule has 2 N–H and O–H groups in total. The lowest BCUT2D eigenvalue weighted by Crippen LogP contribution is -2.48. The van der Waals surface area contributed by atoms with Gasteiger partial charge in [-0.15, -0.1) is 0 Å². The number of hydrogen-bond donors (Lipinski definition) is 2. The third-order valence-corrected chi connectivity index (χ3v) is 5.98. The number of rotatable bonds is 4. The van der Waals surface area contributed by atoms with Crippen molar-refractivity contribution in [1.82, 2.24) is 25.1 Å². The molecule has 2 fully saturated rings. The number of amides is 2. The number of fused-ring (bicyclic) bond motifs is 1. The van der Waals surface area contributed by atoms with Gasteiger partial charge in [-0.2, -0.15) is 0 Å². The van der Waals surface area contributed by atoms with Crippen molar-refractivity contribution in [3.63, 3.8) is 0 Å². The Morgan fingerprint density at radius 1 is 1.25 bits per heavy atom. The van der Waals surface area contributed by atoms with E-state index in [2.05, 4.69) is 46.2 Å². The maximum absolute atomic E-state index is 12.7. The van der Waals surface area contributed by atoms with Gasteiger partial charge in [-0.3, -0.25) is 4.90 Å². The maximum Gasteiger partial charge on any atom is 0.317 e. The molecule has 2 aliphatic heterocycles. The van der Waals surface area contributed by atoms with E-state index in [1.165, 1.54) is 17.5 Å². The summed E-state index contributed by atoms with van der Waals surface area (Å²) in [6.45, 7) is 11.0. The number of aromatic nitrogens is 2. The Morgan fingerprint density at radius 3 is 2.86 bits per heavy atom. The van der Waals surface area contributed by atoms with Crippen LogP contribution in [0.4, 0.5) is 4.79 Å². The standard InChI is InChI=1S/C21H31N5O2/c1-15-10-18-19(11-16(15)2)24-20(23-18)12-22-21(27)26-5-3-4-17(14-26)13-25-6-8-28-9-7-25/h10-11,17H,3-9,12-14H2,1-2H3,(H,22,27)(H,23,24). The van der Waals surface area contributed by atoms with E-state index >= 15 is 0 Å². The van der Waals surface area contributed by atoms with Crippen LogP contribution in [0.25, 0.3) is 11.0 Å². The number of benzene rings is 1. The Kier molecular flexibility index (Phi) is 5.82. The first-order valence-electron chi connectivity index (χ1n) is 10.4. The fraction of sp³-hybridized carbons (Fsp3) is 0.619. The largest absolute Gasteiger partial charge is 0.379 e. The van der Waals surface area contributed by atoms with E-state index in [0.717, 1.165) is 69.2 Å². The number of hydrogen-bond acceptors (Lipinski definition) is 4. The number of H-pyrrole nitrogens is 1. The van der Waals surface area contributed by atoms with Crippen LogP contribution in [0.5, 0.6) is 0 Å². The van der Waals surface area contributed by atoms with Gasteiger partial charge < -0.3 is 19.9 Å². The number of ether oxygens (including phenoxy) is 1. The van der Waals surface area contributed by atoms with E-state index in [9.17, 15) is 4.79 Å². The maximum atomic E-state index is 12.7. The number of imidazole rings is 1. The topological polar surface area (TPSA) is 73.5 Å². The van der Waals surface area contributed by atoms with Gasteiger partial charge in [-0.1, -0.05) is 0 Å². The van der Waals surface area contributed by atoms with Crippen molar-refractivity contribution in [3.05, 3.63) is 29.1 Å². The molecular weight excluding hydrogens is 354 g/mol. The highest BCUT2D eigenvalue weighted by atomic mass is 16.5. The first kappa shape index (κ1) is 19.2. The quantitative estimate of drug-likeness (QED) is 0.848. The fourth-order valence-corrected chi connectivity index (χ4v) is 4.22. The molecule has 1 atom stereocenters. The van der Waals surface area contributed by atoms with Crippen molar-refractivity contribution in [2.24, 2.45) is 5.92 Å². The zero-order valence-corrected chi connectivity index (χ0v) is 17.0. The van der Waals surface area contributed by atoms with E-state index in [-0.39, 0.29) is 6.03 Å². The van der Waals surface area contributed by atoms with Crippen molar-refractivity contribution >= 4 is 17.1 Å². The summed E-state index contributed by atoms with van der Waals surface area (Å²) in [7, 11) is 0. The second-order valence-corrected chi connectivity index (χ2v) is 8.16. The average Bonchev–Trinajstić information content (AvgIpc) is 3.09. The first-order valence-corrected chi connectivity index (χ1v) is 10.4. The second kappa shape index (κ2) is 8.49. The van der Waals surface area contributed by atoms with E-state index in [1.807, 2.05) is 4.90 Å². The third-order valence-electron chi connectivity index (χ3n) is 5.98. The van der Waals surface area contributed by atoms with E-state index in [0.29, 0.717) is 12.5 Å². The third kappa shape index (κ3) is 4.47. The zero-order chi connectivity index (χ0) is 19.5. The number of urea groups is 1. The lowest BCUT2D eigenvalue weighted by Gasteiger charge is -2.36. The van der Waals surface area contributed by atoms with Gasteiger partial charge in [0.25, 0.3) is 0 Å². The molecular formula is C21H31N5O2. The summed E-state index contributed by atoms with van der Waals surface area (Å²) in [5.74, 6) is 1.35. The summed E-state index contributed by atoms with van der Waals surface area (Å²) in [6, 6.07) is 4.22. The molecule has 2 aliphatic rings. The molecule has 4 rings (SSSR count). The minimum absolute atomic E-state index is 0.0134. The number of nitrogens with one attached hydrogen (secondary N) is 2. The molecule has 2 amide bonds. The predicted octanol–water partition coefficient (Wildman–Crippen LogP) is 2.43. The monoisotopic (exact) mass is 385 g/mol. The molecule has 1 aromatic carbocycles. The molecule has 152 valence electrons. The minimum Gasteiger partial charge on any atom is -0.379 e. The molecule has 0 bridgehead atoms. The summed E-state index contributed by atoms with van der Waals surface area (Å²) < 4.78 is 5.43. The normalized spacial score (nSPS) is 21.2. The molecule has 2 saturated heterocycles. The summed E-state index contributed by atoms with van der Waals surface area (Å²) in [6.07, 6.45) is 2.27.